The lowest BCUT2D eigenvalue weighted by molar-refractivity contribution is 0.829. The summed E-state index contributed by atoms with van der Waals surface area (Å²) >= 11 is 1.86. The van der Waals surface area contributed by atoms with E-state index in [2.05, 4.69) is 53.0 Å². The van der Waals surface area contributed by atoms with E-state index in [1.165, 1.54) is 33.5 Å². The second kappa shape index (κ2) is 7.64. The summed E-state index contributed by atoms with van der Waals surface area (Å²) in [6, 6.07) is 2.22. The second-order valence-electron chi connectivity index (χ2n) is 5.15. The number of aromatic nitrogens is 1. The van der Waals surface area contributed by atoms with Crippen LogP contribution in [0.4, 0.5) is 0 Å². The Morgan fingerprint density at radius 3 is 2.11 bits per heavy atom. The number of aryl methyl sites for hydroxylation is 2. The van der Waals surface area contributed by atoms with Crippen LogP contribution >= 0.6 is 11.3 Å². The molecule has 0 unspecified atom stereocenters. The van der Waals surface area contributed by atoms with Gasteiger partial charge in [0.15, 0.2) is 0 Å². The molecule has 0 atom stereocenters. The normalized spacial score (nSPS) is 10.7. The molecular formula is C17H27NS. The first-order chi connectivity index (χ1) is 9.10. The van der Waals surface area contributed by atoms with Crippen LogP contribution in [0.15, 0.2) is 11.4 Å². The highest BCUT2D eigenvalue weighted by molar-refractivity contribution is 7.17. The fourth-order valence-electron chi connectivity index (χ4n) is 2.29. The molecule has 0 aliphatic carbocycles. The van der Waals surface area contributed by atoms with E-state index in [-0.39, 0.29) is 0 Å². The molecule has 2 rings (SSSR count). The average molecular weight is 277 g/mol. The van der Waals surface area contributed by atoms with E-state index in [1.54, 1.807) is 0 Å². The first-order valence-corrected chi connectivity index (χ1v) is 8.37. The van der Waals surface area contributed by atoms with Gasteiger partial charge in [-0.05, 0) is 35.8 Å². The third kappa shape index (κ3) is 3.56. The van der Waals surface area contributed by atoms with Crippen molar-refractivity contribution < 1.29 is 0 Å². The topological polar surface area (TPSA) is 12.9 Å². The van der Waals surface area contributed by atoms with Crippen molar-refractivity contribution in [1.29, 1.82) is 0 Å². The van der Waals surface area contributed by atoms with Gasteiger partial charge >= 0.3 is 0 Å². The monoisotopic (exact) mass is 277 g/mol. The molecule has 106 valence electrons. The van der Waals surface area contributed by atoms with Gasteiger partial charge in [0, 0.05) is 21.5 Å². The summed E-state index contributed by atoms with van der Waals surface area (Å²) in [4.78, 5) is 4.84. The Morgan fingerprint density at radius 2 is 1.63 bits per heavy atom. The predicted octanol–water partition coefficient (Wildman–Crippen LogP) is 5.96. The van der Waals surface area contributed by atoms with Gasteiger partial charge in [-0.3, -0.25) is 4.98 Å². The maximum atomic E-state index is 4.84. The number of fused-ring (bicyclic) bond motifs is 1. The molecule has 1 nitrogen and oxygen atoms in total. The zero-order chi connectivity index (χ0) is 14.4. The summed E-state index contributed by atoms with van der Waals surface area (Å²) in [7, 11) is 0. The minimum atomic E-state index is 0.564. The van der Waals surface area contributed by atoms with Crippen LogP contribution in [0.5, 0.6) is 0 Å². The van der Waals surface area contributed by atoms with Crippen molar-refractivity contribution >= 4 is 21.4 Å². The number of rotatable bonds is 3. The molecule has 0 spiro atoms. The van der Waals surface area contributed by atoms with Crippen molar-refractivity contribution in [2.45, 2.75) is 66.7 Å². The van der Waals surface area contributed by atoms with E-state index in [9.17, 15) is 0 Å². The molecule has 0 amide bonds. The summed E-state index contributed by atoms with van der Waals surface area (Å²) in [6.45, 7) is 13.2. The van der Waals surface area contributed by atoms with Crippen molar-refractivity contribution in [1.82, 2.24) is 4.98 Å². The molecule has 2 heteroatoms. The number of thiophene rings is 1. The van der Waals surface area contributed by atoms with E-state index in [0.29, 0.717) is 5.92 Å². The molecule has 0 aromatic carbocycles. The molecule has 0 aliphatic heterocycles. The zero-order valence-electron chi connectivity index (χ0n) is 13.2. The maximum Gasteiger partial charge on any atom is 0.0491 e. The van der Waals surface area contributed by atoms with Crippen LogP contribution < -0.4 is 0 Å². The van der Waals surface area contributed by atoms with Gasteiger partial charge in [0.2, 0.25) is 0 Å². The van der Waals surface area contributed by atoms with Crippen LogP contribution in [0.3, 0.4) is 0 Å². The minimum Gasteiger partial charge on any atom is -0.257 e. The Hall–Kier alpha value is -0.890. The number of pyridine rings is 1. The Labute approximate surface area is 122 Å². The highest BCUT2D eigenvalue weighted by Crippen LogP contribution is 2.34. The summed E-state index contributed by atoms with van der Waals surface area (Å²) < 4.78 is 1.46. The Kier molecular flexibility index (Phi) is 6.50. The van der Waals surface area contributed by atoms with E-state index < -0.39 is 0 Å². The number of hydrogen-bond acceptors (Lipinski definition) is 2. The van der Waals surface area contributed by atoms with Crippen molar-refractivity contribution in [2.24, 2.45) is 0 Å². The van der Waals surface area contributed by atoms with Gasteiger partial charge in [-0.1, -0.05) is 48.0 Å². The lowest BCUT2D eigenvalue weighted by Gasteiger charge is -2.14. The maximum absolute atomic E-state index is 4.84. The fraction of sp³-hybridized carbons (Fsp3) is 0.588. The standard InChI is InChI=1S/C14H19NS.C3H8/c1-5-11-10-7-8-16-14(10)13(9(3)4)12(6-2)15-11;1-3-2/h7-9H,5-6H2,1-4H3;3H2,1-2H3. The van der Waals surface area contributed by atoms with Crippen LogP contribution in [-0.2, 0) is 12.8 Å². The average Bonchev–Trinajstić information content (AvgIpc) is 2.86. The molecular weight excluding hydrogens is 250 g/mol. The van der Waals surface area contributed by atoms with Crippen LogP contribution in [0.1, 0.15) is 70.8 Å². The van der Waals surface area contributed by atoms with E-state index in [4.69, 9.17) is 4.98 Å². The molecule has 0 N–H and O–H groups in total. The van der Waals surface area contributed by atoms with Crippen molar-refractivity contribution in [2.75, 3.05) is 0 Å². The molecule has 0 bridgehead atoms. The third-order valence-corrected chi connectivity index (χ3v) is 4.00. The SMILES string of the molecule is CCC.CCc1nc(CC)c2ccsc2c1C(C)C. The summed E-state index contributed by atoms with van der Waals surface area (Å²) in [5.41, 5.74) is 4.02. The highest BCUT2D eigenvalue weighted by Gasteiger charge is 2.15. The third-order valence-electron chi connectivity index (χ3n) is 3.05. The van der Waals surface area contributed by atoms with E-state index in [0.717, 1.165) is 12.8 Å². The van der Waals surface area contributed by atoms with Gasteiger partial charge in [0.25, 0.3) is 0 Å². The first kappa shape index (κ1) is 16.2. The van der Waals surface area contributed by atoms with Gasteiger partial charge < -0.3 is 0 Å². The van der Waals surface area contributed by atoms with E-state index in [1.807, 2.05) is 11.3 Å². The summed E-state index contributed by atoms with van der Waals surface area (Å²) in [6.07, 6.45) is 3.31. The van der Waals surface area contributed by atoms with Crippen LogP contribution in [-0.4, -0.2) is 4.98 Å². The van der Waals surface area contributed by atoms with Crippen molar-refractivity contribution in [3.8, 4) is 0 Å². The minimum absolute atomic E-state index is 0.564. The van der Waals surface area contributed by atoms with Crippen molar-refractivity contribution in [3.05, 3.63) is 28.4 Å². The second-order valence-corrected chi connectivity index (χ2v) is 6.07. The van der Waals surface area contributed by atoms with Crippen LogP contribution in [0, 0.1) is 0 Å². The Morgan fingerprint density at radius 1 is 1.05 bits per heavy atom. The molecule has 0 aliphatic rings. The quantitative estimate of drug-likeness (QED) is 0.674. The number of hydrogen-bond donors (Lipinski definition) is 0. The molecule has 2 heterocycles. The van der Waals surface area contributed by atoms with Crippen molar-refractivity contribution in [3.63, 3.8) is 0 Å². The van der Waals surface area contributed by atoms with Gasteiger partial charge in [0.05, 0.1) is 0 Å². The van der Waals surface area contributed by atoms with Gasteiger partial charge in [-0.25, -0.2) is 0 Å². The first-order valence-electron chi connectivity index (χ1n) is 7.49. The Balaban J connectivity index is 0.000000550. The molecule has 2 aromatic rings. The lowest BCUT2D eigenvalue weighted by Crippen LogP contribution is -2.02. The van der Waals surface area contributed by atoms with Gasteiger partial charge in [-0.15, -0.1) is 11.3 Å². The molecule has 0 fully saturated rings. The zero-order valence-corrected chi connectivity index (χ0v) is 14.0. The van der Waals surface area contributed by atoms with Crippen LogP contribution in [0.25, 0.3) is 10.1 Å². The molecule has 0 saturated carbocycles. The highest BCUT2D eigenvalue weighted by atomic mass is 32.1. The lowest BCUT2D eigenvalue weighted by atomic mass is 9.97. The Bertz CT molecular complexity index is 511. The smallest absolute Gasteiger partial charge is 0.0491 e. The summed E-state index contributed by atoms with van der Waals surface area (Å²) in [5.74, 6) is 0.564. The van der Waals surface area contributed by atoms with Gasteiger partial charge in [-0.2, -0.15) is 0 Å². The van der Waals surface area contributed by atoms with Crippen LogP contribution in [0.2, 0.25) is 0 Å². The fourth-order valence-corrected chi connectivity index (χ4v) is 3.43. The predicted molar refractivity (Wildman–Crippen MR) is 88.4 cm³/mol. The van der Waals surface area contributed by atoms with Gasteiger partial charge in [0.1, 0.15) is 0 Å². The largest absolute Gasteiger partial charge is 0.257 e. The molecule has 0 radical (unpaired) electrons. The molecule has 19 heavy (non-hydrogen) atoms. The summed E-state index contributed by atoms with van der Waals surface area (Å²) in [5, 5.41) is 3.56. The number of nitrogens with zero attached hydrogens (tertiary/aromatic N) is 1. The van der Waals surface area contributed by atoms with E-state index >= 15 is 0 Å². The molecule has 0 saturated heterocycles. The molecule has 2 aromatic heterocycles.